The van der Waals surface area contributed by atoms with E-state index in [4.69, 9.17) is 27.9 Å². The van der Waals surface area contributed by atoms with Crippen molar-refractivity contribution in [3.8, 4) is 0 Å². The van der Waals surface area contributed by atoms with Gasteiger partial charge in [-0.1, -0.05) is 84.9 Å². The van der Waals surface area contributed by atoms with Gasteiger partial charge < -0.3 is 25.2 Å². The Morgan fingerprint density at radius 1 is 0.894 bits per heavy atom. The predicted octanol–water partition coefficient (Wildman–Crippen LogP) is 4.74. The Kier molecular flexibility index (Phi) is 9.63. The first kappa shape index (κ1) is 32.6. The number of piperazine rings is 1. The van der Waals surface area contributed by atoms with Crippen molar-refractivity contribution < 1.29 is 19.1 Å². The first-order chi connectivity index (χ1) is 22.8. The summed E-state index contributed by atoms with van der Waals surface area (Å²) in [4.78, 5) is 48.8. The van der Waals surface area contributed by atoms with Gasteiger partial charge in [0.15, 0.2) is 0 Å². The highest BCUT2D eigenvalue weighted by Crippen LogP contribution is 2.55. The number of fused-ring (bicyclic) bond motifs is 1. The minimum absolute atomic E-state index is 0.0900. The SMILES string of the molecule is O=C(Nc1ccc(Cl)c(Cl)c1)[C@H]1[C@@H]2C=C[C@]3(O2)[C@@H]1C(=O)N(CCCN1CCN(Cc2ccccc2)CC1)[C@H]3C(=O)NC1CCCCC1. The molecule has 4 fully saturated rings. The van der Waals surface area contributed by atoms with Crippen LogP contribution in [-0.2, 0) is 25.7 Å². The van der Waals surface area contributed by atoms with Crippen LogP contribution in [0.5, 0.6) is 0 Å². The van der Waals surface area contributed by atoms with Gasteiger partial charge in [-0.2, -0.15) is 0 Å². The summed E-state index contributed by atoms with van der Waals surface area (Å²) in [5.41, 5.74) is 0.636. The Hall–Kier alpha value is -2.95. The zero-order chi connectivity index (χ0) is 32.5. The van der Waals surface area contributed by atoms with Gasteiger partial charge in [0.05, 0.1) is 28.0 Å². The first-order valence-corrected chi connectivity index (χ1v) is 17.8. The number of ether oxygens (including phenoxy) is 1. The highest BCUT2D eigenvalue weighted by Gasteiger charge is 2.72. The normalized spacial score (nSPS) is 29.3. The largest absolute Gasteiger partial charge is 0.359 e. The molecular formula is C36H43Cl2N5O4. The van der Waals surface area contributed by atoms with Crippen LogP contribution in [0, 0.1) is 11.8 Å². The lowest BCUT2D eigenvalue weighted by molar-refractivity contribution is -0.141. The van der Waals surface area contributed by atoms with E-state index in [1.165, 1.54) is 12.0 Å². The van der Waals surface area contributed by atoms with E-state index in [1.54, 1.807) is 23.1 Å². The fourth-order valence-corrected chi connectivity index (χ4v) is 8.61. The van der Waals surface area contributed by atoms with Crippen molar-refractivity contribution in [2.24, 2.45) is 11.8 Å². The molecule has 47 heavy (non-hydrogen) atoms. The molecule has 3 amide bonds. The van der Waals surface area contributed by atoms with Crippen molar-refractivity contribution in [1.82, 2.24) is 20.0 Å². The van der Waals surface area contributed by atoms with E-state index >= 15 is 0 Å². The van der Waals surface area contributed by atoms with E-state index in [9.17, 15) is 14.4 Å². The molecule has 1 aliphatic carbocycles. The van der Waals surface area contributed by atoms with Gasteiger partial charge in [-0.15, -0.1) is 0 Å². The summed E-state index contributed by atoms with van der Waals surface area (Å²) in [7, 11) is 0. The van der Waals surface area contributed by atoms with Crippen molar-refractivity contribution in [3.05, 3.63) is 76.3 Å². The molecule has 4 heterocycles. The molecule has 0 radical (unpaired) electrons. The van der Waals surface area contributed by atoms with Crippen LogP contribution in [0.3, 0.4) is 0 Å². The summed E-state index contributed by atoms with van der Waals surface area (Å²) >= 11 is 12.3. The summed E-state index contributed by atoms with van der Waals surface area (Å²) in [5, 5.41) is 6.90. The molecule has 1 spiro atoms. The van der Waals surface area contributed by atoms with E-state index in [1.807, 2.05) is 18.2 Å². The maximum absolute atomic E-state index is 14.3. The molecule has 11 heteroatoms. The Morgan fingerprint density at radius 2 is 1.64 bits per heavy atom. The van der Waals surface area contributed by atoms with Crippen LogP contribution in [0.2, 0.25) is 10.0 Å². The first-order valence-electron chi connectivity index (χ1n) is 17.0. The standard InChI is InChI=1S/C36H43Cl2N5O4/c37-27-13-12-26(22-28(27)38)40-33(44)30-29-14-15-36(47-29)31(30)35(46)43(32(36)34(45)39-25-10-5-2-6-11-25)17-7-16-41-18-20-42(21-19-41)23-24-8-3-1-4-9-24/h1,3-4,8-9,12-15,22,25,29-32H,2,5-7,10-11,16-21,23H2,(H,39,45)(H,40,44)/t29-,30-,31-,32-,36-/m0/s1. The smallest absolute Gasteiger partial charge is 0.246 e. The Morgan fingerprint density at radius 3 is 2.38 bits per heavy atom. The van der Waals surface area contributed by atoms with Gasteiger partial charge in [0.25, 0.3) is 0 Å². The average molecular weight is 681 g/mol. The molecule has 2 aromatic rings. The molecule has 2 N–H and O–H groups in total. The molecule has 9 nitrogen and oxygen atoms in total. The molecule has 5 atom stereocenters. The van der Waals surface area contributed by atoms with E-state index in [2.05, 4.69) is 44.7 Å². The molecule has 5 aliphatic rings. The molecule has 1 saturated carbocycles. The number of carbonyl (C=O) groups excluding carboxylic acids is 3. The zero-order valence-corrected chi connectivity index (χ0v) is 28.1. The predicted molar refractivity (Wildman–Crippen MR) is 182 cm³/mol. The molecule has 2 bridgehead atoms. The number of halogens is 2. The van der Waals surface area contributed by atoms with Crippen LogP contribution in [-0.4, -0.2) is 95.5 Å². The average Bonchev–Trinajstić information content (AvgIpc) is 3.72. The molecule has 0 aromatic heterocycles. The number of nitrogens with one attached hydrogen (secondary N) is 2. The number of benzene rings is 2. The highest BCUT2D eigenvalue weighted by atomic mass is 35.5. The van der Waals surface area contributed by atoms with Crippen LogP contribution < -0.4 is 10.6 Å². The second-order valence-electron chi connectivity index (χ2n) is 13.7. The van der Waals surface area contributed by atoms with Gasteiger partial charge in [-0.3, -0.25) is 19.3 Å². The van der Waals surface area contributed by atoms with Crippen LogP contribution in [0.4, 0.5) is 5.69 Å². The fraction of sp³-hybridized carbons (Fsp3) is 0.528. The molecule has 3 saturated heterocycles. The number of carbonyl (C=O) groups is 3. The molecule has 7 rings (SSSR count). The third kappa shape index (κ3) is 6.57. The molecule has 4 aliphatic heterocycles. The van der Waals surface area contributed by atoms with Crippen LogP contribution in [0.15, 0.2) is 60.7 Å². The Labute approximate surface area is 286 Å². The zero-order valence-electron chi connectivity index (χ0n) is 26.6. The van der Waals surface area contributed by atoms with Gasteiger partial charge in [0, 0.05) is 51.0 Å². The fourth-order valence-electron chi connectivity index (χ4n) is 8.31. The van der Waals surface area contributed by atoms with Crippen molar-refractivity contribution in [2.75, 3.05) is 44.6 Å². The van der Waals surface area contributed by atoms with Crippen molar-refractivity contribution in [2.45, 2.75) is 68.9 Å². The maximum atomic E-state index is 14.3. The van der Waals surface area contributed by atoms with Gasteiger partial charge in [-0.25, -0.2) is 0 Å². The summed E-state index contributed by atoms with van der Waals surface area (Å²) in [6, 6.07) is 14.7. The summed E-state index contributed by atoms with van der Waals surface area (Å²) in [6.07, 6.45) is 9.08. The number of nitrogens with zero attached hydrogens (tertiary/aromatic N) is 3. The topological polar surface area (TPSA) is 94.2 Å². The van der Waals surface area contributed by atoms with E-state index < -0.39 is 29.6 Å². The van der Waals surface area contributed by atoms with Gasteiger partial charge in [-0.05, 0) is 49.6 Å². The number of rotatable bonds is 10. The summed E-state index contributed by atoms with van der Waals surface area (Å²) < 4.78 is 6.52. The lowest BCUT2D eigenvalue weighted by atomic mass is 9.74. The number of likely N-dealkylation sites (tertiary alicyclic amines) is 1. The third-order valence-electron chi connectivity index (χ3n) is 10.7. The van der Waals surface area contributed by atoms with E-state index in [0.29, 0.717) is 22.3 Å². The van der Waals surface area contributed by atoms with Crippen molar-refractivity contribution >= 4 is 46.6 Å². The van der Waals surface area contributed by atoms with Gasteiger partial charge in [0.1, 0.15) is 11.6 Å². The van der Waals surface area contributed by atoms with E-state index in [-0.39, 0.29) is 23.8 Å². The van der Waals surface area contributed by atoms with Gasteiger partial charge >= 0.3 is 0 Å². The number of amides is 3. The van der Waals surface area contributed by atoms with Crippen LogP contribution >= 0.6 is 23.2 Å². The minimum atomic E-state index is -1.18. The van der Waals surface area contributed by atoms with Gasteiger partial charge in [0.2, 0.25) is 17.7 Å². The van der Waals surface area contributed by atoms with Crippen LogP contribution in [0.25, 0.3) is 0 Å². The maximum Gasteiger partial charge on any atom is 0.246 e. The lowest BCUT2D eigenvalue weighted by Crippen LogP contribution is -2.56. The summed E-state index contributed by atoms with van der Waals surface area (Å²) in [6.45, 7) is 6.11. The summed E-state index contributed by atoms with van der Waals surface area (Å²) in [5.74, 6) is -2.26. The highest BCUT2D eigenvalue weighted by molar-refractivity contribution is 6.42. The number of hydrogen-bond donors (Lipinski definition) is 2. The van der Waals surface area contributed by atoms with Crippen LogP contribution in [0.1, 0.15) is 44.1 Å². The van der Waals surface area contributed by atoms with E-state index in [0.717, 1.165) is 71.4 Å². The number of hydrogen-bond acceptors (Lipinski definition) is 6. The Bertz CT molecular complexity index is 1510. The number of anilines is 1. The van der Waals surface area contributed by atoms with Crippen molar-refractivity contribution in [1.29, 1.82) is 0 Å². The molecule has 250 valence electrons. The molecular weight excluding hydrogens is 637 g/mol. The molecule has 2 aromatic carbocycles. The third-order valence-corrected chi connectivity index (χ3v) is 11.4. The monoisotopic (exact) mass is 679 g/mol. The molecule has 0 unspecified atom stereocenters. The second-order valence-corrected chi connectivity index (χ2v) is 14.5. The Balaban J connectivity index is 1.04. The second kappa shape index (κ2) is 13.9. The minimum Gasteiger partial charge on any atom is -0.359 e. The lowest BCUT2D eigenvalue weighted by Gasteiger charge is -2.36. The quantitative estimate of drug-likeness (QED) is 0.353. The van der Waals surface area contributed by atoms with Crippen molar-refractivity contribution in [3.63, 3.8) is 0 Å².